The number of aromatic nitrogens is 3. The topological polar surface area (TPSA) is 110 Å². The molecule has 0 spiro atoms. The molecule has 0 radical (unpaired) electrons. The number of nitrogens with one attached hydrogen (secondary N) is 3. The Morgan fingerprint density at radius 1 is 1.15 bits per heavy atom. The van der Waals surface area contributed by atoms with Gasteiger partial charge in [-0.05, 0) is 56.1 Å². The Kier molecular flexibility index (Phi) is 8.35. The lowest BCUT2D eigenvalue weighted by atomic mass is 10.1. The van der Waals surface area contributed by atoms with Gasteiger partial charge in [0.2, 0.25) is 0 Å². The monoisotopic (exact) mass is 485 g/mol. The Labute approximate surface area is 202 Å². The van der Waals surface area contributed by atoms with Crippen LogP contribution in [0.2, 0.25) is 5.02 Å². The van der Waals surface area contributed by atoms with E-state index in [9.17, 15) is 9.59 Å². The van der Waals surface area contributed by atoms with Gasteiger partial charge in [0.05, 0.1) is 10.7 Å². The van der Waals surface area contributed by atoms with E-state index in [1.807, 2.05) is 0 Å². The van der Waals surface area contributed by atoms with Gasteiger partial charge in [0.1, 0.15) is 23.9 Å². The number of hydrogen-bond acceptors (Lipinski definition) is 7. The SMILES string of the molecule is O=c1[nH]c(NCCCNC2CCOCC2)ccc1-n1ccc(OCc2ccc(Cl)cn2)cc1=O. The second-order valence-electron chi connectivity index (χ2n) is 8.03. The maximum Gasteiger partial charge on any atom is 0.273 e. The summed E-state index contributed by atoms with van der Waals surface area (Å²) in [7, 11) is 0. The number of rotatable bonds is 10. The molecule has 180 valence electrons. The average Bonchev–Trinajstić information content (AvgIpc) is 2.85. The van der Waals surface area contributed by atoms with Crippen LogP contribution in [-0.4, -0.2) is 46.9 Å². The normalized spacial score (nSPS) is 14.1. The molecule has 1 aliphatic heterocycles. The fourth-order valence-electron chi connectivity index (χ4n) is 3.68. The predicted octanol–water partition coefficient (Wildman–Crippen LogP) is 2.72. The molecule has 4 heterocycles. The van der Waals surface area contributed by atoms with Crippen molar-refractivity contribution in [3.8, 4) is 11.4 Å². The van der Waals surface area contributed by atoms with E-state index in [2.05, 4.69) is 20.6 Å². The smallest absolute Gasteiger partial charge is 0.273 e. The van der Waals surface area contributed by atoms with Gasteiger partial charge in [-0.3, -0.25) is 19.1 Å². The second-order valence-corrected chi connectivity index (χ2v) is 8.47. The third-order valence-corrected chi connectivity index (χ3v) is 5.76. The molecule has 0 unspecified atom stereocenters. The number of aromatic amines is 1. The van der Waals surface area contributed by atoms with Crippen LogP contribution in [0.1, 0.15) is 25.0 Å². The van der Waals surface area contributed by atoms with E-state index in [0.29, 0.717) is 28.3 Å². The van der Waals surface area contributed by atoms with Crippen molar-refractivity contribution < 1.29 is 9.47 Å². The Morgan fingerprint density at radius 2 is 2.00 bits per heavy atom. The van der Waals surface area contributed by atoms with Gasteiger partial charge in [-0.15, -0.1) is 0 Å². The molecule has 1 fully saturated rings. The minimum absolute atomic E-state index is 0.201. The fourth-order valence-corrected chi connectivity index (χ4v) is 3.79. The number of H-pyrrole nitrogens is 1. The first-order valence-corrected chi connectivity index (χ1v) is 11.7. The van der Waals surface area contributed by atoms with Gasteiger partial charge in [-0.1, -0.05) is 11.6 Å². The zero-order valence-electron chi connectivity index (χ0n) is 18.8. The van der Waals surface area contributed by atoms with Gasteiger partial charge >= 0.3 is 0 Å². The molecule has 3 aromatic heterocycles. The lowest BCUT2D eigenvalue weighted by Gasteiger charge is -2.23. The van der Waals surface area contributed by atoms with Crippen LogP contribution in [0.5, 0.6) is 5.75 Å². The Morgan fingerprint density at radius 3 is 2.74 bits per heavy atom. The Bertz CT molecular complexity index is 1190. The van der Waals surface area contributed by atoms with Crippen molar-refractivity contribution in [2.45, 2.75) is 31.9 Å². The summed E-state index contributed by atoms with van der Waals surface area (Å²) in [6.45, 7) is 3.47. The third-order valence-electron chi connectivity index (χ3n) is 5.54. The molecule has 0 aliphatic carbocycles. The van der Waals surface area contributed by atoms with Crippen LogP contribution in [0.25, 0.3) is 5.69 Å². The predicted molar refractivity (Wildman–Crippen MR) is 131 cm³/mol. The molecular formula is C24H28ClN5O4. The van der Waals surface area contributed by atoms with Gasteiger partial charge in [0.25, 0.3) is 11.1 Å². The molecule has 1 saturated heterocycles. The van der Waals surface area contributed by atoms with Crippen molar-refractivity contribution in [1.29, 1.82) is 0 Å². The summed E-state index contributed by atoms with van der Waals surface area (Å²) in [6, 6.07) is 10.4. The summed E-state index contributed by atoms with van der Waals surface area (Å²) < 4.78 is 12.3. The van der Waals surface area contributed by atoms with Crippen molar-refractivity contribution in [1.82, 2.24) is 19.9 Å². The van der Waals surface area contributed by atoms with Crippen molar-refractivity contribution in [2.75, 3.05) is 31.6 Å². The van der Waals surface area contributed by atoms with Crippen LogP contribution in [0.3, 0.4) is 0 Å². The lowest BCUT2D eigenvalue weighted by Crippen LogP contribution is -2.35. The molecule has 0 amide bonds. The molecule has 0 atom stereocenters. The number of hydrogen-bond donors (Lipinski definition) is 3. The highest BCUT2D eigenvalue weighted by atomic mass is 35.5. The summed E-state index contributed by atoms with van der Waals surface area (Å²) in [5, 5.41) is 7.29. The molecule has 4 rings (SSSR count). The zero-order valence-corrected chi connectivity index (χ0v) is 19.5. The summed E-state index contributed by atoms with van der Waals surface area (Å²) in [6.07, 6.45) is 6.08. The molecule has 34 heavy (non-hydrogen) atoms. The number of ether oxygens (including phenoxy) is 2. The van der Waals surface area contributed by atoms with E-state index in [4.69, 9.17) is 21.1 Å². The minimum atomic E-state index is -0.369. The third kappa shape index (κ3) is 6.69. The largest absolute Gasteiger partial charge is 0.487 e. The quantitative estimate of drug-likeness (QED) is 0.379. The highest BCUT2D eigenvalue weighted by molar-refractivity contribution is 6.30. The maximum absolute atomic E-state index is 12.6. The molecule has 0 bridgehead atoms. The van der Waals surface area contributed by atoms with Crippen molar-refractivity contribution >= 4 is 17.4 Å². The second kappa shape index (κ2) is 11.8. The fraction of sp³-hybridized carbons (Fsp3) is 0.375. The number of pyridine rings is 3. The van der Waals surface area contributed by atoms with Crippen molar-refractivity contribution in [3.63, 3.8) is 0 Å². The van der Waals surface area contributed by atoms with E-state index in [1.165, 1.54) is 23.0 Å². The summed E-state index contributed by atoms with van der Waals surface area (Å²) in [5.74, 6) is 1.00. The van der Waals surface area contributed by atoms with Gasteiger partial charge in [-0.25, -0.2) is 0 Å². The van der Waals surface area contributed by atoms with Gasteiger partial charge in [-0.2, -0.15) is 0 Å². The van der Waals surface area contributed by atoms with Crippen molar-refractivity contribution in [2.24, 2.45) is 0 Å². The van der Waals surface area contributed by atoms with E-state index in [-0.39, 0.29) is 23.4 Å². The summed E-state index contributed by atoms with van der Waals surface area (Å²) in [5.41, 5.74) is 0.202. The summed E-state index contributed by atoms with van der Waals surface area (Å²) in [4.78, 5) is 32.1. The van der Waals surface area contributed by atoms with Gasteiger partial charge < -0.3 is 25.1 Å². The van der Waals surface area contributed by atoms with Gasteiger partial charge in [0.15, 0.2) is 0 Å². The zero-order chi connectivity index (χ0) is 23.8. The molecular weight excluding hydrogens is 458 g/mol. The highest BCUT2D eigenvalue weighted by Gasteiger charge is 2.12. The number of anilines is 1. The van der Waals surface area contributed by atoms with E-state index < -0.39 is 0 Å². The van der Waals surface area contributed by atoms with Crippen molar-refractivity contribution in [3.05, 3.63) is 80.2 Å². The van der Waals surface area contributed by atoms with Crippen LogP contribution in [0, 0.1) is 0 Å². The molecule has 3 N–H and O–H groups in total. The molecule has 1 aliphatic rings. The van der Waals surface area contributed by atoms with E-state index in [0.717, 1.165) is 45.6 Å². The van der Waals surface area contributed by atoms with E-state index in [1.54, 1.807) is 30.3 Å². The van der Waals surface area contributed by atoms with Crippen LogP contribution < -0.4 is 26.5 Å². The molecule has 0 aromatic carbocycles. The first kappa shape index (κ1) is 24.0. The van der Waals surface area contributed by atoms with E-state index >= 15 is 0 Å². The Hall–Kier alpha value is -3.14. The average molecular weight is 486 g/mol. The number of halogens is 1. The molecule has 0 saturated carbocycles. The van der Waals surface area contributed by atoms with Gasteiger partial charge in [0, 0.05) is 44.3 Å². The standard InChI is InChI=1S/C24H28ClN5O4/c25-17-2-3-19(28-15-17)16-34-20-6-11-30(23(31)14-20)21-4-5-22(29-24(21)32)27-10-1-9-26-18-7-12-33-13-8-18/h2-6,11,14-15,18,26H,1,7-10,12-13,16H2,(H2,27,29,32). The first-order chi connectivity index (χ1) is 16.6. The summed E-state index contributed by atoms with van der Waals surface area (Å²) >= 11 is 5.83. The lowest BCUT2D eigenvalue weighted by molar-refractivity contribution is 0.0781. The molecule has 9 nitrogen and oxygen atoms in total. The maximum atomic E-state index is 12.6. The van der Waals surface area contributed by atoms with Crippen LogP contribution in [0.15, 0.2) is 58.4 Å². The molecule has 3 aromatic rings. The number of nitrogens with zero attached hydrogens (tertiary/aromatic N) is 2. The van der Waals surface area contributed by atoms with Crippen LogP contribution >= 0.6 is 11.6 Å². The molecule has 10 heteroatoms. The van der Waals surface area contributed by atoms with Crippen LogP contribution in [0.4, 0.5) is 5.82 Å². The first-order valence-electron chi connectivity index (χ1n) is 11.3. The minimum Gasteiger partial charge on any atom is -0.487 e. The Balaban J connectivity index is 1.29. The van der Waals surface area contributed by atoms with Crippen LogP contribution in [-0.2, 0) is 11.3 Å². The highest BCUT2D eigenvalue weighted by Crippen LogP contribution is 2.12.